The SMILES string of the molecule is CCCCCCCOC(=O)C(CO)CCO. The first-order valence-electron chi connectivity index (χ1n) is 6.14. The number of unbranched alkanes of at least 4 members (excludes halogenated alkanes) is 4. The average Bonchev–Trinajstić information content (AvgIpc) is 2.30. The lowest BCUT2D eigenvalue weighted by molar-refractivity contribution is -0.150. The third-order valence-electron chi connectivity index (χ3n) is 2.52. The lowest BCUT2D eigenvalue weighted by atomic mass is 10.1. The van der Waals surface area contributed by atoms with Gasteiger partial charge >= 0.3 is 5.97 Å². The molecule has 0 aliphatic rings. The van der Waals surface area contributed by atoms with E-state index in [9.17, 15) is 4.79 Å². The highest BCUT2D eigenvalue weighted by molar-refractivity contribution is 5.72. The van der Waals surface area contributed by atoms with Crippen molar-refractivity contribution in [1.29, 1.82) is 0 Å². The molecule has 0 amide bonds. The Bertz CT molecular complexity index is 170. The highest BCUT2D eigenvalue weighted by atomic mass is 16.5. The molecule has 0 saturated heterocycles. The van der Waals surface area contributed by atoms with Crippen molar-refractivity contribution in [3.8, 4) is 0 Å². The van der Waals surface area contributed by atoms with Gasteiger partial charge < -0.3 is 14.9 Å². The Morgan fingerprint density at radius 2 is 1.88 bits per heavy atom. The minimum atomic E-state index is -0.569. The maximum absolute atomic E-state index is 11.4. The van der Waals surface area contributed by atoms with Gasteiger partial charge in [0, 0.05) is 6.61 Å². The second kappa shape index (κ2) is 10.9. The van der Waals surface area contributed by atoms with Crippen LogP contribution in [0.5, 0.6) is 0 Å². The van der Waals surface area contributed by atoms with Gasteiger partial charge in [-0.15, -0.1) is 0 Å². The Kier molecular flexibility index (Phi) is 10.5. The van der Waals surface area contributed by atoms with Crippen LogP contribution in [-0.2, 0) is 9.53 Å². The van der Waals surface area contributed by atoms with Crippen LogP contribution >= 0.6 is 0 Å². The molecule has 96 valence electrons. The quantitative estimate of drug-likeness (QED) is 0.442. The second-order valence-corrected chi connectivity index (χ2v) is 3.97. The summed E-state index contributed by atoms with van der Waals surface area (Å²) in [5.74, 6) is -0.965. The molecule has 4 heteroatoms. The molecule has 0 bridgehead atoms. The first kappa shape index (κ1) is 15.4. The maximum atomic E-state index is 11.4. The standard InChI is InChI=1S/C12H24O4/c1-2-3-4-5-6-9-16-12(15)11(10-14)7-8-13/h11,13-14H,2-10H2,1H3. The van der Waals surface area contributed by atoms with Crippen LogP contribution in [0.3, 0.4) is 0 Å². The Labute approximate surface area is 97.6 Å². The van der Waals surface area contributed by atoms with Crippen LogP contribution in [0.15, 0.2) is 0 Å². The fourth-order valence-corrected chi connectivity index (χ4v) is 1.44. The molecular weight excluding hydrogens is 208 g/mol. The fourth-order valence-electron chi connectivity index (χ4n) is 1.44. The van der Waals surface area contributed by atoms with E-state index >= 15 is 0 Å². The third-order valence-corrected chi connectivity index (χ3v) is 2.52. The molecular formula is C12H24O4. The van der Waals surface area contributed by atoms with E-state index in [1.165, 1.54) is 19.3 Å². The molecule has 2 N–H and O–H groups in total. The summed E-state index contributed by atoms with van der Waals surface area (Å²) < 4.78 is 5.02. The van der Waals surface area contributed by atoms with E-state index in [0.717, 1.165) is 12.8 Å². The normalized spacial score (nSPS) is 12.4. The summed E-state index contributed by atoms with van der Waals surface area (Å²) >= 11 is 0. The van der Waals surface area contributed by atoms with Gasteiger partial charge in [0.2, 0.25) is 0 Å². The van der Waals surface area contributed by atoms with Crippen molar-refractivity contribution in [3.05, 3.63) is 0 Å². The van der Waals surface area contributed by atoms with Crippen LogP contribution in [0, 0.1) is 5.92 Å². The van der Waals surface area contributed by atoms with E-state index in [0.29, 0.717) is 6.61 Å². The lowest BCUT2D eigenvalue weighted by Crippen LogP contribution is -2.22. The van der Waals surface area contributed by atoms with Gasteiger partial charge in [-0.3, -0.25) is 4.79 Å². The highest BCUT2D eigenvalue weighted by Gasteiger charge is 2.17. The van der Waals surface area contributed by atoms with E-state index in [2.05, 4.69) is 6.92 Å². The summed E-state index contributed by atoms with van der Waals surface area (Å²) in [7, 11) is 0. The maximum Gasteiger partial charge on any atom is 0.311 e. The van der Waals surface area contributed by atoms with Crippen LogP contribution in [0.4, 0.5) is 0 Å². The smallest absolute Gasteiger partial charge is 0.311 e. The third kappa shape index (κ3) is 7.65. The number of ether oxygens (including phenoxy) is 1. The number of carbonyl (C=O) groups excluding carboxylic acids is 1. The molecule has 0 rings (SSSR count). The van der Waals surface area contributed by atoms with Gasteiger partial charge in [-0.25, -0.2) is 0 Å². The van der Waals surface area contributed by atoms with Gasteiger partial charge in [-0.2, -0.15) is 0 Å². The lowest BCUT2D eigenvalue weighted by Gasteiger charge is -2.11. The van der Waals surface area contributed by atoms with E-state index < -0.39 is 11.9 Å². The van der Waals surface area contributed by atoms with Crippen molar-refractivity contribution < 1.29 is 19.7 Å². The van der Waals surface area contributed by atoms with Gasteiger partial charge in [-0.05, 0) is 12.8 Å². The van der Waals surface area contributed by atoms with Crippen LogP contribution in [0.2, 0.25) is 0 Å². The van der Waals surface area contributed by atoms with Gasteiger partial charge in [-0.1, -0.05) is 32.6 Å². The number of carbonyl (C=O) groups is 1. The highest BCUT2D eigenvalue weighted by Crippen LogP contribution is 2.06. The summed E-state index contributed by atoms with van der Waals surface area (Å²) in [6, 6.07) is 0. The number of hydrogen-bond acceptors (Lipinski definition) is 4. The molecule has 0 aromatic heterocycles. The summed E-state index contributed by atoms with van der Waals surface area (Å²) in [6.07, 6.45) is 5.81. The first-order chi connectivity index (χ1) is 7.76. The predicted octanol–water partition coefficient (Wildman–Crippen LogP) is 1.49. The van der Waals surface area contributed by atoms with Gasteiger partial charge in [0.1, 0.15) is 0 Å². The molecule has 0 radical (unpaired) electrons. The van der Waals surface area contributed by atoms with Gasteiger partial charge in [0.15, 0.2) is 0 Å². The molecule has 0 heterocycles. The largest absolute Gasteiger partial charge is 0.465 e. The molecule has 0 aliphatic carbocycles. The number of hydrogen-bond donors (Lipinski definition) is 2. The molecule has 0 aromatic carbocycles. The summed E-state index contributed by atoms with van der Waals surface area (Å²) in [5.41, 5.74) is 0. The zero-order valence-corrected chi connectivity index (χ0v) is 10.2. The second-order valence-electron chi connectivity index (χ2n) is 3.97. The Balaban J connectivity index is 3.47. The average molecular weight is 232 g/mol. The molecule has 4 nitrogen and oxygen atoms in total. The van der Waals surface area contributed by atoms with E-state index in [-0.39, 0.29) is 19.6 Å². The van der Waals surface area contributed by atoms with E-state index in [4.69, 9.17) is 14.9 Å². The van der Waals surface area contributed by atoms with Crippen LogP contribution in [0.1, 0.15) is 45.4 Å². The van der Waals surface area contributed by atoms with E-state index in [1.807, 2.05) is 0 Å². The fraction of sp³-hybridized carbons (Fsp3) is 0.917. The Hall–Kier alpha value is -0.610. The van der Waals surface area contributed by atoms with Crippen molar-refractivity contribution >= 4 is 5.97 Å². The number of aliphatic hydroxyl groups is 2. The van der Waals surface area contributed by atoms with Crippen molar-refractivity contribution in [2.45, 2.75) is 45.4 Å². The predicted molar refractivity (Wildman–Crippen MR) is 62.0 cm³/mol. The molecule has 0 aliphatic heterocycles. The van der Waals surface area contributed by atoms with E-state index in [1.54, 1.807) is 0 Å². The van der Waals surface area contributed by atoms with Crippen LogP contribution < -0.4 is 0 Å². The molecule has 0 aromatic rings. The van der Waals surface area contributed by atoms with Crippen molar-refractivity contribution in [2.75, 3.05) is 19.8 Å². The van der Waals surface area contributed by atoms with Gasteiger partial charge in [0.25, 0.3) is 0 Å². The minimum Gasteiger partial charge on any atom is -0.465 e. The van der Waals surface area contributed by atoms with Crippen molar-refractivity contribution in [2.24, 2.45) is 5.92 Å². The zero-order valence-electron chi connectivity index (χ0n) is 10.2. The van der Waals surface area contributed by atoms with Crippen LogP contribution in [-0.4, -0.2) is 36.0 Å². The topological polar surface area (TPSA) is 66.8 Å². The Morgan fingerprint density at radius 1 is 1.19 bits per heavy atom. The Morgan fingerprint density at radius 3 is 2.44 bits per heavy atom. The first-order valence-corrected chi connectivity index (χ1v) is 6.14. The number of esters is 1. The molecule has 1 atom stereocenters. The zero-order chi connectivity index (χ0) is 12.2. The molecule has 0 spiro atoms. The summed E-state index contributed by atoms with van der Waals surface area (Å²) in [5, 5.41) is 17.6. The molecule has 0 fully saturated rings. The minimum absolute atomic E-state index is 0.100. The number of aliphatic hydroxyl groups excluding tert-OH is 2. The van der Waals surface area contributed by atoms with Crippen LogP contribution in [0.25, 0.3) is 0 Å². The monoisotopic (exact) mass is 232 g/mol. The van der Waals surface area contributed by atoms with Gasteiger partial charge in [0.05, 0.1) is 19.1 Å². The number of rotatable bonds is 10. The summed E-state index contributed by atoms with van der Waals surface area (Å²) in [4.78, 5) is 11.4. The van der Waals surface area contributed by atoms with Crippen molar-refractivity contribution in [3.63, 3.8) is 0 Å². The summed E-state index contributed by atoms with van der Waals surface area (Å²) in [6.45, 7) is 2.22. The molecule has 0 saturated carbocycles. The molecule has 16 heavy (non-hydrogen) atoms. The molecule has 1 unspecified atom stereocenters. The van der Waals surface area contributed by atoms with Crippen molar-refractivity contribution in [1.82, 2.24) is 0 Å².